The number of hydrogen-bond donors (Lipinski definition) is 3. The first-order valence-electron chi connectivity index (χ1n) is 17.4. The number of Topliss-reactive ketones (excluding diaryl/α,β-unsaturated/α-hetero) is 1. The highest BCUT2D eigenvalue weighted by Gasteiger charge is 2.40. The third-order valence-electron chi connectivity index (χ3n) is 8.87. The molecule has 2 aromatic heterocycles. The molecule has 3 aromatic rings. The Labute approximate surface area is 297 Å². The summed E-state index contributed by atoms with van der Waals surface area (Å²) in [7, 11) is 0. The van der Waals surface area contributed by atoms with Crippen molar-refractivity contribution in [2.24, 2.45) is 11.8 Å². The summed E-state index contributed by atoms with van der Waals surface area (Å²) in [5.74, 6) is -3.26. The zero-order valence-electron chi connectivity index (χ0n) is 30.1. The number of likely N-dealkylation sites (tertiary alicyclic amines) is 1. The van der Waals surface area contributed by atoms with Crippen LogP contribution in [-0.4, -0.2) is 79.7 Å². The number of halogens is 1. The van der Waals surface area contributed by atoms with Gasteiger partial charge in [-0.1, -0.05) is 40.2 Å². The van der Waals surface area contributed by atoms with Gasteiger partial charge in [0.25, 0.3) is 11.8 Å². The fourth-order valence-electron chi connectivity index (χ4n) is 5.97. The molecule has 1 aromatic carbocycles. The van der Waals surface area contributed by atoms with Gasteiger partial charge in [-0.15, -0.1) is 10.2 Å². The van der Waals surface area contributed by atoms with Crippen molar-refractivity contribution >= 4 is 29.4 Å². The Morgan fingerprint density at radius 1 is 0.941 bits per heavy atom. The van der Waals surface area contributed by atoms with Gasteiger partial charge < -0.3 is 25.3 Å². The molecule has 0 unspecified atom stereocenters. The lowest BCUT2D eigenvalue weighted by atomic mass is 9.96. The molecule has 274 valence electrons. The number of amides is 4. The van der Waals surface area contributed by atoms with E-state index >= 15 is 0 Å². The van der Waals surface area contributed by atoms with E-state index in [-0.39, 0.29) is 47.8 Å². The van der Waals surface area contributed by atoms with Crippen molar-refractivity contribution in [1.82, 2.24) is 36.0 Å². The molecular weight excluding hydrogens is 657 g/mol. The topological polar surface area (TPSA) is 176 Å². The second kappa shape index (κ2) is 17.3. The maximum absolute atomic E-state index is 13.8. The van der Waals surface area contributed by atoms with Gasteiger partial charge in [-0.2, -0.15) is 0 Å². The second-order valence-electron chi connectivity index (χ2n) is 14.3. The standard InChI is InChI=1S/C37H48FN7O6/c1-22(2)29(31(47)35-44-43-34(51-35)24-15-17-25(38)18-16-24)41-33(49)27-13-11-21-45(27)36(50)30(23(3)4)40-28(46)14-7-9-19-37(5,6)42-32(48)26-12-8-10-20-39-26/h8,10,12,15-18,20,22-23,27,29-30H,7,9,11,13-14,19,21H2,1-6H3,(H,40,46)(H,41,49)(H,42,48)/t27-,29-,30-/m0/s1. The van der Waals surface area contributed by atoms with Crippen LogP contribution < -0.4 is 16.0 Å². The monoisotopic (exact) mass is 705 g/mol. The number of unbranched alkanes of at least 4 members (excludes halogenated alkanes) is 1. The van der Waals surface area contributed by atoms with Gasteiger partial charge in [-0.3, -0.25) is 29.0 Å². The lowest BCUT2D eigenvalue weighted by molar-refractivity contribution is -0.142. The molecule has 0 bridgehead atoms. The summed E-state index contributed by atoms with van der Waals surface area (Å²) < 4.78 is 18.9. The van der Waals surface area contributed by atoms with Crippen LogP contribution >= 0.6 is 0 Å². The van der Waals surface area contributed by atoms with Crippen molar-refractivity contribution in [1.29, 1.82) is 0 Å². The van der Waals surface area contributed by atoms with Gasteiger partial charge in [-0.25, -0.2) is 4.39 Å². The molecule has 0 saturated carbocycles. The molecule has 1 saturated heterocycles. The van der Waals surface area contributed by atoms with E-state index in [0.29, 0.717) is 49.9 Å². The average molecular weight is 706 g/mol. The maximum Gasteiger partial charge on any atom is 0.286 e. The van der Waals surface area contributed by atoms with E-state index in [1.54, 1.807) is 38.2 Å². The van der Waals surface area contributed by atoms with E-state index in [4.69, 9.17) is 4.42 Å². The average Bonchev–Trinajstić information content (AvgIpc) is 3.79. The largest absolute Gasteiger partial charge is 0.414 e. The summed E-state index contributed by atoms with van der Waals surface area (Å²) in [5, 5.41) is 16.4. The van der Waals surface area contributed by atoms with Gasteiger partial charge in [0.05, 0.1) is 6.04 Å². The summed E-state index contributed by atoms with van der Waals surface area (Å²) in [5.41, 5.74) is 0.262. The molecular formula is C37H48FN7O6. The normalized spacial score (nSPS) is 15.8. The van der Waals surface area contributed by atoms with E-state index in [0.717, 1.165) is 0 Å². The van der Waals surface area contributed by atoms with E-state index in [9.17, 15) is 28.4 Å². The summed E-state index contributed by atoms with van der Waals surface area (Å²) in [6, 6.07) is 7.84. The van der Waals surface area contributed by atoms with Crippen molar-refractivity contribution in [2.75, 3.05) is 6.54 Å². The Morgan fingerprint density at radius 3 is 2.29 bits per heavy atom. The Kier molecular flexibility index (Phi) is 13.1. The zero-order chi connectivity index (χ0) is 37.3. The highest BCUT2D eigenvalue weighted by Crippen LogP contribution is 2.23. The summed E-state index contributed by atoms with van der Waals surface area (Å²) >= 11 is 0. The summed E-state index contributed by atoms with van der Waals surface area (Å²) in [6.45, 7) is 11.4. The van der Waals surface area contributed by atoms with Crippen LogP contribution in [0.1, 0.15) is 101 Å². The van der Waals surface area contributed by atoms with Gasteiger partial charge in [0.15, 0.2) is 0 Å². The van der Waals surface area contributed by atoms with Crippen LogP contribution in [0.4, 0.5) is 4.39 Å². The molecule has 1 fully saturated rings. The lowest BCUT2D eigenvalue weighted by Crippen LogP contribution is -2.57. The minimum Gasteiger partial charge on any atom is -0.414 e. The highest BCUT2D eigenvalue weighted by molar-refractivity contribution is 6.00. The number of ketones is 1. The van der Waals surface area contributed by atoms with Crippen LogP contribution in [0.3, 0.4) is 0 Å². The third kappa shape index (κ3) is 10.5. The number of rotatable bonds is 16. The number of pyridine rings is 1. The second-order valence-corrected chi connectivity index (χ2v) is 14.3. The number of nitrogens with zero attached hydrogens (tertiary/aromatic N) is 4. The number of nitrogens with one attached hydrogen (secondary N) is 3. The number of aromatic nitrogens is 3. The Morgan fingerprint density at radius 2 is 1.65 bits per heavy atom. The molecule has 4 amide bonds. The Bertz CT molecular complexity index is 1680. The van der Waals surface area contributed by atoms with Gasteiger partial charge in [0.2, 0.25) is 29.4 Å². The number of carbonyl (C=O) groups excluding carboxylic acids is 5. The molecule has 51 heavy (non-hydrogen) atoms. The molecule has 3 N–H and O–H groups in total. The minimum atomic E-state index is -1.01. The molecule has 4 rings (SSSR count). The van der Waals surface area contributed by atoms with Crippen molar-refractivity contribution in [3.63, 3.8) is 0 Å². The number of hydrogen-bond acceptors (Lipinski definition) is 9. The molecule has 0 aliphatic carbocycles. The predicted octanol–water partition coefficient (Wildman–Crippen LogP) is 4.50. The minimum absolute atomic E-state index is 0.0375. The first kappa shape index (κ1) is 38.8. The van der Waals surface area contributed by atoms with Crippen LogP contribution in [0.25, 0.3) is 11.5 Å². The van der Waals surface area contributed by atoms with Crippen LogP contribution in [0.5, 0.6) is 0 Å². The van der Waals surface area contributed by atoms with Gasteiger partial charge in [0.1, 0.15) is 23.6 Å². The summed E-state index contributed by atoms with van der Waals surface area (Å²) in [4.78, 5) is 71.9. The van der Waals surface area contributed by atoms with Crippen molar-refractivity contribution in [3.05, 3.63) is 66.1 Å². The van der Waals surface area contributed by atoms with Crippen molar-refractivity contribution in [2.45, 2.75) is 104 Å². The third-order valence-corrected chi connectivity index (χ3v) is 8.87. The van der Waals surface area contributed by atoms with Gasteiger partial charge >= 0.3 is 0 Å². The van der Waals surface area contributed by atoms with E-state index in [2.05, 4.69) is 31.1 Å². The molecule has 13 nitrogen and oxygen atoms in total. The van der Waals surface area contributed by atoms with Crippen LogP contribution in [0.15, 0.2) is 53.1 Å². The molecule has 3 atom stereocenters. The molecule has 14 heteroatoms. The number of benzene rings is 1. The smallest absolute Gasteiger partial charge is 0.286 e. The predicted molar refractivity (Wildman–Crippen MR) is 187 cm³/mol. The first-order chi connectivity index (χ1) is 24.2. The van der Waals surface area contributed by atoms with E-state index < -0.39 is 41.2 Å². The number of carbonyl (C=O) groups is 5. The molecule has 0 spiro atoms. The zero-order valence-corrected chi connectivity index (χ0v) is 30.1. The molecule has 1 aliphatic heterocycles. The first-order valence-corrected chi connectivity index (χ1v) is 17.4. The highest BCUT2D eigenvalue weighted by atomic mass is 19.1. The SMILES string of the molecule is CC(C)[C@H](NC(=O)[C@@H]1CCCN1C(=O)[C@@H](NC(=O)CCCCC(C)(C)NC(=O)c1ccccn1)C(C)C)C(=O)c1nnc(-c2ccc(F)cc2)o1. The fourth-order valence-corrected chi connectivity index (χ4v) is 5.97. The van der Waals surface area contributed by atoms with Crippen LogP contribution in [0.2, 0.25) is 0 Å². The van der Waals surface area contributed by atoms with E-state index in [1.807, 2.05) is 27.7 Å². The fraction of sp³-hybridized carbons (Fsp3) is 0.514. The van der Waals surface area contributed by atoms with Crippen LogP contribution in [-0.2, 0) is 14.4 Å². The quantitative estimate of drug-likeness (QED) is 0.143. The van der Waals surface area contributed by atoms with Crippen molar-refractivity contribution < 1.29 is 32.8 Å². The maximum atomic E-state index is 13.8. The Balaban J connectivity index is 1.31. The molecule has 3 heterocycles. The van der Waals surface area contributed by atoms with Crippen molar-refractivity contribution in [3.8, 4) is 11.5 Å². The van der Waals surface area contributed by atoms with E-state index in [1.165, 1.54) is 29.2 Å². The van der Waals surface area contributed by atoms with Crippen LogP contribution in [0, 0.1) is 17.7 Å². The van der Waals surface area contributed by atoms with Gasteiger partial charge in [-0.05, 0) is 87.8 Å². The summed E-state index contributed by atoms with van der Waals surface area (Å²) in [6.07, 6.45) is 4.60. The Hall–Kier alpha value is -5.01. The lowest BCUT2D eigenvalue weighted by Gasteiger charge is -2.31. The molecule has 1 aliphatic rings. The van der Waals surface area contributed by atoms with Gasteiger partial charge in [0, 0.05) is 30.3 Å². The molecule has 0 radical (unpaired) electrons.